The zero-order valence-electron chi connectivity index (χ0n) is 19.2. The van der Waals surface area contributed by atoms with Gasteiger partial charge in [-0.3, -0.25) is 9.59 Å². The van der Waals surface area contributed by atoms with Crippen molar-refractivity contribution in [3.63, 3.8) is 0 Å². The maximum absolute atomic E-state index is 13.7. The summed E-state index contributed by atoms with van der Waals surface area (Å²) in [5.74, 6) is -0.391. The Bertz CT molecular complexity index is 1280. The lowest BCUT2D eigenvalue weighted by Gasteiger charge is -2.22. The molecule has 3 aromatic heterocycles. The Morgan fingerprint density at radius 2 is 1.91 bits per heavy atom. The smallest absolute Gasteiger partial charge is 0.255 e. The molecule has 0 radical (unpaired) electrons. The van der Waals surface area contributed by atoms with Crippen molar-refractivity contribution in [1.82, 2.24) is 25.0 Å². The lowest BCUT2D eigenvalue weighted by molar-refractivity contribution is -0.122. The van der Waals surface area contributed by atoms with Gasteiger partial charge >= 0.3 is 0 Å². The third-order valence-corrected chi connectivity index (χ3v) is 6.16. The van der Waals surface area contributed by atoms with E-state index in [2.05, 4.69) is 5.32 Å². The zero-order chi connectivity index (χ0) is 23.5. The quantitative estimate of drug-likeness (QED) is 0.441. The van der Waals surface area contributed by atoms with E-state index in [1.165, 1.54) is 0 Å². The first kappa shape index (κ1) is 22.7. The van der Waals surface area contributed by atoms with E-state index in [4.69, 9.17) is 10.1 Å². The van der Waals surface area contributed by atoms with Gasteiger partial charge in [0.15, 0.2) is 5.65 Å². The molecule has 0 spiro atoms. The molecule has 0 aliphatic rings. The van der Waals surface area contributed by atoms with Gasteiger partial charge in [0.2, 0.25) is 5.91 Å². The summed E-state index contributed by atoms with van der Waals surface area (Å²) in [7, 11) is 0. The summed E-state index contributed by atoms with van der Waals surface area (Å²) in [6, 6.07) is 15.5. The highest BCUT2D eigenvalue weighted by molar-refractivity contribution is 7.13. The maximum atomic E-state index is 13.7. The molecule has 4 aromatic rings. The number of pyridine rings is 1. The largest absolute Gasteiger partial charge is 0.352 e. The molecule has 7 nitrogen and oxygen atoms in total. The van der Waals surface area contributed by atoms with E-state index in [1.807, 2.05) is 81.6 Å². The van der Waals surface area contributed by atoms with Gasteiger partial charge in [0, 0.05) is 12.6 Å². The molecule has 170 valence electrons. The highest BCUT2D eigenvalue weighted by atomic mass is 32.1. The molecule has 0 aliphatic carbocycles. The Kier molecular flexibility index (Phi) is 6.55. The second-order valence-corrected chi connectivity index (χ2v) is 9.05. The van der Waals surface area contributed by atoms with Crippen LogP contribution in [0.3, 0.4) is 0 Å². The maximum Gasteiger partial charge on any atom is 0.255 e. The second kappa shape index (κ2) is 9.54. The minimum atomic E-state index is -0.211. The number of para-hydroxylation sites is 1. The number of carbonyl (C=O) groups is 2. The Balaban J connectivity index is 1.87. The van der Waals surface area contributed by atoms with Crippen molar-refractivity contribution in [2.75, 3.05) is 13.1 Å². The van der Waals surface area contributed by atoms with Crippen LogP contribution in [0.15, 0.2) is 53.9 Å². The third kappa shape index (κ3) is 4.66. The van der Waals surface area contributed by atoms with Crippen molar-refractivity contribution >= 4 is 34.2 Å². The molecule has 0 saturated heterocycles. The van der Waals surface area contributed by atoms with Gasteiger partial charge in [0.1, 0.15) is 0 Å². The number of carbonyl (C=O) groups excluding carboxylic acids is 2. The fourth-order valence-electron chi connectivity index (χ4n) is 3.80. The Hall–Kier alpha value is -3.52. The number of nitrogens with one attached hydrogen (secondary N) is 1. The van der Waals surface area contributed by atoms with Gasteiger partial charge in [-0.05, 0) is 57.3 Å². The van der Waals surface area contributed by atoms with Crippen LogP contribution in [0.5, 0.6) is 0 Å². The fraction of sp³-hybridized carbons (Fsp3) is 0.280. The molecule has 0 unspecified atom stereocenters. The van der Waals surface area contributed by atoms with Crippen LogP contribution in [0, 0.1) is 6.92 Å². The van der Waals surface area contributed by atoms with Crippen molar-refractivity contribution in [2.24, 2.45) is 0 Å². The standard InChI is InChI=1S/C25H27N5O2S/c1-5-29(15-22(31)26-16(2)3)25(32)19-14-20(21-12-9-13-33-21)27-24-23(19)17(4)28-30(24)18-10-7-6-8-11-18/h6-14,16H,5,15H2,1-4H3,(H,26,31). The predicted octanol–water partition coefficient (Wildman–Crippen LogP) is 4.44. The second-order valence-electron chi connectivity index (χ2n) is 8.11. The molecule has 1 aromatic carbocycles. The van der Waals surface area contributed by atoms with E-state index in [0.29, 0.717) is 34.5 Å². The van der Waals surface area contributed by atoms with Gasteiger partial charge < -0.3 is 10.2 Å². The van der Waals surface area contributed by atoms with Crippen LogP contribution in [0.4, 0.5) is 0 Å². The van der Waals surface area contributed by atoms with Crippen LogP contribution in [0.2, 0.25) is 0 Å². The number of hydrogen-bond donors (Lipinski definition) is 1. The summed E-state index contributed by atoms with van der Waals surface area (Å²) in [4.78, 5) is 33.5. The SMILES string of the molecule is CCN(CC(=O)NC(C)C)C(=O)c1cc(-c2cccs2)nc2c1c(C)nn2-c1ccccc1. The monoisotopic (exact) mass is 461 g/mol. The molecule has 33 heavy (non-hydrogen) atoms. The molecule has 1 N–H and O–H groups in total. The van der Waals surface area contributed by atoms with E-state index in [9.17, 15) is 9.59 Å². The number of thiophene rings is 1. The number of likely N-dealkylation sites (N-methyl/N-ethyl adjacent to an activating group) is 1. The molecule has 4 rings (SSSR count). The highest BCUT2D eigenvalue weighted by Gasteiger charge is 2.25. The predicted molar refractivity (Wildman–Crippen MR) is 132 cm³/mol. The number of aryl methyl sites for hydroxylation is 1. The van der Waals surface area contributed by atoms with E-state index in [1.54, 1.807) is 20.9 Å². The first-order valence-corrected chi connectivity index (χ1v) is 11.8. The third-order valence-electron chi connectivity index (χ3n) is 5.27. The average molecular weight is 462 g/mol. The van der Waals surface area contributed by atoms with Crippen LogP contribution in [0.25, 0.3) is 27.3 Å². The van der Waals surface area contributed by atoms with Gasteiger partial charge in [-0.25, -0.2) is 9.67 Å². The van der Waals surface area contributed by atoms with Crippen LogP contribution in [-0.2, 0) is 4.79 Å². The molecule has 0 fully saturated rings. The van der Waals surface area contributed by atoms with Crippen molar-refractivity contribution in [3.05, 3.63) is 65.2 Å². The van der Waals surface area contributed by atoms with Crippen molar-refractivity contribution in [3.8, 4) is 16.3 Å². The molecular formula is C25H27N5O2S. The van der Waals surface area contributed by atoms with Crippen LogP contribution in [-0.4, -0.2) is 50.6 Å². The number of benzene rings is 1. The van der Waals surface area contributed by atoms with E-state index in [-0.39, 0.29) is 24.4 Å². The van der Waals surface area contributed by atoms with Gasteiger partial charge in [0.05, 0.1) is 39.4 Å². The van der Waals surface area contributed by atoms with E-state index >= 15 is 0 Å². The molecule has 0 aliphatic heterocycles. The number of aromatic nitrogens is 3. The number of rotatable bonds is 7. The number of hydrogen-bond acceptors (Lipinski definition) is 5. The number of fused-ring (bicyclic) bond motifs is 1. The molecule has 0 atom stereocenters. The van der Waals surface area contributed by atoms with Gasteiger partial charge in [-0.1, -0.05) is 24.3 Å². The van der Waals surface area contributed by atoms with Crippen molar-refractivity contribution in [1.29, 1.82) is 0 Å². The number of nitrogens with zero attached hydrogens (tertiary/aromatic N) is 4. The van der Waals surface area contributed by atoms with Gasteiger partial charge in [-0.15, -0.1) is 11.3 Å². The fourth-order valence-corrected chi connectivity index (χ4v) is 4.48. The first-order chi connectivity index (χ1) is 15.9. The van der Waals surface area contributed by atoms with Crippen LogP contribution < -0.4 is 5.32 Å². The molecule has 2 amide bonds. The summed E-state index contributed by atoms with van der Waals surface area (Å²) in [6.07, 6.45) is 0. The van der Waals surface area contributed by atoms with Gasteiger partial charge in [0.25, 0.3) is 5.91 Å². The van der Waals surface area contributed by atoms with E-state index < -0.39 is 0 Å². The van der Waals surface area contributed by atoms with Gasteiger partial charge in [-0.2, -0.15) is 5.10 Å². The topological polar surface area (TPSA) is 80.1 Å². The molecule has 0 saturated carbocycles. The Morgan fingerprint density at radius 1 is 1.15 bits per heavy atom. The normalized spacial score (nSPS) is 11.2. The molecule has 8 heteroatoms. The minimum Gasteiger partial charge on any atom is -0.352 e. The van der Waals surface area contributed by atoms with Crippen LogP contribution in [0.1, 0.15) is 36.8 Å². The Labute approximate surface area is 197 Å². The summed E-state index contributed by atoms with van der Waals surface area (Å²) in [5, 5.41) is 10.3. The lowest BCUT2D eigenvalue weighted by atomic mass is 10.1. The summed E-state index contributed by atoms with van der Waals surface area (Å²) < 4.78 is 1.78. The van der Waals surface area contributed by atoms with E-state index in [0.717, 1.165) is 10.6 Å². The molecular weight excluding hydrogens is 434 g/mol. The molecule has 0 bridgehead atoms. The van der Waals surface area contributed by atoms with Crippen LogP contribution >= 0.6 is 11.3 Å². The first-order valence-electron chi connectivity index (χ1n) is 11.0. The summed E-state index contributed by atoms with van der Waals surface area (Å²) in [5.41, 5.74) is 3.41. The average Bonchev–Trinajstić information content (AvgIpc) is 3.45. The lowest BCUT2D eigenvalue weighted by Crippen LogP contribution is -2.42. The summed E-state index contributed by atoms with van der Waals surface area (Å²) in [6.45, 7) is 7.96. The number of amides is 2. The highest BCUT2D eigenvalue weighted by Crippen LogP contribution is 2.31. The molecule has 3 heterocycles. The zero-order valence-corrected chi connectivity index (χ0v) is 20.0. The van der Waals surface area contributed by atoms with Crippen molar-refractivity contribution in [2.45, 2.75) is 33.7 Å². The Morgan fingerprint density at radius 3 is 2.55 bits per heavy atom. The minimum absolute atomic E-state index is 0.00245. The van der Waals surface area contributed by atoms with Crippen molar-refractivity contribution < 1.29 is 9.59 Å². The summed E-state index contributed by atoms with van der Waals surface area (Å²) >= 11 is 1.56.